The number of likely N-dealkylation sites (tertiary alicyclic amines) is 1. The lowest BCUT2D eigenvalue weighted by molar-refractivity contribution is -0.125. The molecule has 0 radical (unpaired) electrons. The van der Waals surface area contributed by atoms with Gasteiger partial charge in [0.15, 0.2) is 5.96 Å². The summed E-state index contributed by atoms with van der Waals surface area (Å²) in [6, 6.07) is 7.90. The van der Waals surface area contributed by atoms with Crippen LogP contribution in [0.5, 0.6) is 0 Å². The lowest BCUT2D eigenvalue weighted by Gasteiger charge is -2.39. The van der Waals surface area contributed by atoms with E-state index in [2.05, 4.69) is 46.8 Å². The van der Waals surface area contributed by atoms with E-state index in [9.17, 15) is 9.59 Å². The second-order valence-corrected chi connectivity index (χ2v) is 7.47. The van der Waals surface area contributed by atoms with Crippen LogP contribution in [-0.2, 0) is 11.3 Å². The molecule has 1 aromatic rings. The van der Waals surface area contributed by atoms with E-state index in [0.717, 1.165) is 38.4 Å². The molecule has 3 rings (SSSR count). The normalized spacial score (nSPS) is 23.1. The van der Waals surface area contributed by atoms with Crippen molar-refractivity contribution in [3.05, 3.63) is 35.4 Å². The van der Waals surface area contributed by atoms with Crippen molar-refractivity contribution in [3.8, 4) is 0 Å². The molecular weight excluding hydrogens is 469 g/mol. The number of nitrogens with zero attached hydrogens (tertiary/aromatic N) is 2. The maximum atomic E-state index is 12.2. The highest BCUT2D eigenvalue weighted by Gasteiger charge is 2.48. The second-order valence-electron chi connectivity index (χ2n) is 7.47. The molecule has 0 aliphatic carbocycles. The third-order valence-corrected chi connectivity index (χ3v) is 5.68. The van der Waals surface area contributed by atoms with Gasteiger partial charge in [-0.15, -0.1) is 24.0 Å². The van der Waals surface area contributed by atoms with E-state index in [1.807, 2.05) is 19.1 Å². The Balaban J connectivity index is 0.00000280. The average molecular weight is 499 g/mol. The Morgan fingerprint density at radius 3 is 2.54 bits per heavy atom. The van der Waals surface area contributed by atoms with Gasteiger partial charge in [0, 0.05) is 19.6 Å². The van der Waals surface area contributed by atoms with E-state index in [-0.39, 0.29) is 35.8 Å². The first-order valence-corrected chi connectivity index (χ1v) is 9.65. The molecule has 2 saturated heterocycles. The van der Waals surface area contributed by atoms with Gasteiger partial charge in [0.1, 0.15) is 5.54 Å². The third kappa shape index (κ3) is 4.76. The number of aliphatic imine (C=N–C) groups is 1. The maximum Gasteiger partial charge on any atom is 0.322 e. The molecule has 3 N–H and O–H groups in total. The van der Waals surface area contributed by atoms with Crippen molar-refractivity contribution in [1.82, 2.24) is 20.9 Å². The molecule has 0 spiro atoms. The number of nitrogens with one attached hydrogen (secondary N) is 3. The predicted octanol–water partition coefficient (Wildman–Crippen LogP) is 2.39. The van der Waals surface area contributed by atoms with E-state index in [1.54, 1.807) is 0 Å². The fourth-order valence-electron chi connectivity index (χ4n) is 3.89. The van der Waals surface area contributed by atoms with Crippen LogP contribution < -0.4 is 16.0 Å². The van der Waals surface area contributed by atoms with E-state index in [1.165, 1.54) is 11.1 Å². The van der Waals surface area contributed by atoms with Crippen molar-refractivity contribution in [1.29, 1.82) is 0 Å². The van der Waals surface area contributed by atoms with Crippen LogP contribution >= 0.6 is 24.0 Å². The number of imide groups is 1. The van der Waals surface area contributed by atoms with Crippen LogP contribution in [0.1, 0.15) is 37.8 Å². The Hall–Kier alpha value is -1.84. The van der Waals surface area contributed by atoms with Crippen molar-refractivity contribution in [2.24, 2.45) is 10.9 Å². The molecule has 0 bridgehead atoms. The Kier molecular flexibility index (Phi) is 7.68. The van der Waals surface area contributed by atoms with Gasteiger partial charge in [0.25, 0.3) is 5.91 Å². The maximum absolute atomic E-state index is 12.2. The minimum Gasteiger partial charge on any atom is -0.357 e. The Bertz CT molecular complexity index is 746. The van der Waals surface area contributed by atoms with Gasteiger partial charge in [-0.1, -0.05) is 24.3 Å². The van der Waals surface area contributed by atoms with Crippen molar-refractivity contribution < 1.29 is 9.59 Å². The lowest BCUT2D eigenvalue weighted by atomic mass is 9.79. The highest BCUT2D eigenvalue weighted by molar-refractivity contribution is 14.0. The molecule has 2 aliphatic heterocycles. The number of piperidine rings is 1. The fraction of sp³-hybridized carbons (Fsp3) is 0.550. The van der Waals surface area contributed by atoms with Gasteiger partial charge in [-0.05, 0) is 50.7 Å². The summed E-state index contributed by atoms with van der Waals surface area (Å²) in [4.78, 5) is 30.8. The zero-order chi connectivity index (χ0) is 19.4. The van der Waals surface area contributed by atoms with E-state index in [0.29, 0.717) is 6.54 Å². The molecule has 1 aromatic carbocycles. The molecule has 0 saturated carbocycles. The lowest BCUT2D eigenvalue weighted by Crippen LogP contribution is -2.55. The molecule has 2 aliphatic rings. The number of aryl methyl sites for hydroxylation is 1. The van der Waals surface area contributed by atoms with Crippen molar-refractivity contribution in [2.45, 2.75) is 45.7 Å². The van der Waals surface area contributed by atoms with E-state index < -0.39 is 11.6 Å². The number of carbonyl (C=O) groups is 2. The minimum atomic E-state index is -0.806. The SMILES string of the molecule is CCNC(=NCc1ccccc1C)N1CCC(C2(C)NC(=O)NC2=O)CC1.I. The number of hydrogen-bond acceptors (Lipinski definition) is 3. The highest BCUT2D eigenvalue weighted by Crippen LogP contribution is 2.30. The van der Waals surface area contributed by atoms with Gasteiger partial charge in [-0.25, -0.2) is 9.79 Å². The monoisotopic (exact) mass is 499 g/mol. The predicted molar refractivity (Wildman–Crippen MR) is 121 cm³/mol. The van der Waals surface area contributed by atoms with Crippen LogP contribution in [0.15, 0.2) is 29.3 Å². The summed E-state index contributed by atoms with van der Waals surface area (Å²) in [5.41, 5.74) is 1.66. The van der Waals surface area contributed by atoms with E-state index >= 15 is 0 Å². The molecule has 154 valence electrons. The summed E-state index contributed by atoms with van der Waals surface area (Å²) in [5.74, 6) is 0.815. The summed E-state index contributed by atoms with van der Waals surface area (Å²) in [6.07, 6.45) is 1.66. The van der Waals surface area contributed by atoms with Crippen LogP contribution in [0.25, 0.3) is 0 Å². The molecule has 2 fully saturated rings. The van der Waals surface area contributed by atoms with E-state index in [4.69, 9.17) is 4.99 Å². The molecule has 28 heavy (non-hydrogen) atoms. The molecule has 1 atom stereocenters. The topological polar surface area (TPSA) is 85.8 Å². The van der Waals surface area contributed by atoms with Crippen LogP contribution in [0, 0.1) is 12.8 Å². The van der Waals surface area contributed by atoms with Gasteiger partial charge in [-0.3, -0.25) is 10.1 Å². The Morgan fingerprint density at radius 2 is 1.96 bits per heavy atom. The quantitative estimate of drug-likeness (QED) is 0.257. The van der Waals surface area contributed by atoms with Crippen LogP contribution in [0.3, 0.4) is 0 Å². The Labute approximate surface area is 183 Å². The number of benzene rings is 1. The van der Waals surface area contributed by atoms with Crippen molar-refractivity contribution in [3.63, 3.8) is 0 Å². The number of urea groups is 1. The van der Waals surface area contributed by atoms with Crippen molar-refractivity contribution >= 4 is 41.9 Å². The number of hydrogen-bond donors (Lipinski definition) is 3. The van der Waals surface area contributed by atoms with Gasteiger partial charge < -0.3 is 15.5 Å². The first kappa shape index (κ1) is 22.4. The molecule has 3 amide bonds. The third-order valence-electron chi connectivity index (χ3n) is 5.68. The van der Waals surface area contributed by atoms with Gasteiger partial charge in [0.05, 0.1) is 6.54 Å². The van der Waals surface area contributed by atoms with Gasteiger partial charge in [0.2, 0.25) is 0 Å². The largest absolute Gasteiger partial charge is 0.357 e. The summed E-state index contributed by atoms with van der Waals surface area (Å²) in [6.45, 7) is 9.06. The summed E-state index contributed by atoms with van der Waals surface area (Å²) in [5, 5.41) is 8.55. The molecule has 2 heterocycles. The summed E-state index contributed by atoms with van der Waals surface area (Å²) in [7, 11) is 0. The summed E-state index contributed by atoms with van der Waals surface area (Å²) < 4.78 is 0. The summed E-state index contributed by atoms with van der Waals surface area (Å²) >= 11 is 0. The number of rotatable bonds is 4. The number of guanidine groups is 1. The molecule has 0 aromatic heterocycles. The van der Waals surface area contributed by atoms with Crippen LogP contribution in [-0.4, -0.2) is 48.0 Å². The van der Waals surface area contributed by atoms with Crippen LogP contribution in [0.2, 0.25) is 0 Å². The number of halogens is 1. The van der Waals surface area contributed by atoms with Crippen LogP contribution in [0.4, 0.5) is 4.79 Å². The van der Waals surface area contributed by atoms with Gasteiger partial charge in [-0.2, -0.15) is 0 Å². The first-order chi connectivity index (χ1) is 12.9. The number of amides is 3. The molecular formula is C20H30IN5O2. The molecule has 1 unspecified atom stereocenters. The average Bonchev–Trinajstić information content (AvgIpc) is 2.93. The molecule has 8 heteroatoms. The van der Waals surface area contributed by atoms with Crippen molar-refractivity contribution in [2.75, 3.05) is 19.6 Å². The zero-order valence-electron chi connectivity index (χ0n) is 16.7. The first-order valence-electron chi connectivity index (χ1n) is 9.65. The number of carbonyl (C=O) groups excluding carboxylic acids is 2. The van der Waals surface area contributed by atoms with Gasteiger partial charge >= 0.3 is 6.03 Å². The smallest absolute Gasteiger partial charge is 0.322 e. The zero-order valence-corrected chi connectivity index (χ0v) is 19.1. The Morgan fingerprint density at radius 1 is 1.29 bits per heavy atom. The fourth-order valence-corrected chi connectivity index (χ4v) is 3.89. The molecule has 7 nitrogen and oxygen atoms in total. The highest BCUT2D eigenvalue weighted by atomic mass is 127. The second kappa shape index (κ2) is 9.58. The minimum absolute atomic E-state index is 0. The standard InChI is InChI=1S/C20H29N5O2.HI/c1-4-21-18(22-13-15-8-6-5-7-14(15)2)25-11-9-16(10-12-25)20(3)17(26)23-19(27)24-20;/h5-8,16H,4,9-13H2,1-3H3,(H,21,22)(H2,23,24,26,27);1H.